The molecule has 0 heterocycles. The molecule has 3 heteroatoms. The Morgan fingerprint density at radius 3 is 2.54 bits per heavy atom. The lowest BCUT2D eigenvalue weighted by Gasteiger charge is -2.50. The first-order valence-electron chi connectivity index (χ1n) is 4.88. The summed E-state index contributed by atoms with van der Waals surface area (Å²) in [5, 5.41) is 0. The first kappa shape index (κ1) is 11.0. The summed E-state index contributed by atoms with van der Waals surface area (Å²) in [4.78, 5) is 0. The van der Waals surface area contributed by atoms with Crippen LogP contribution in [0.15, 0.2) is 0 Å². The van der Waals surface area contributed by atoms with Crippen molar-refractivity contribution in [3.8, 4) is 0 Å². The first-order chi connectivity index (χ1) is 5.98. The van der Waals surface area contributed by atoms with E-state index < -0.39 is 0 Å². The van der Waals surface area contributed by atoms with Crippen LogP contribution in [0.4, 0.5) is 0 Å². The molecule has 1 rings (SSSR count). The van der Waals surface area contributed by atoms with E-state index in [1.54, 1.807) is 7.11 Å². The van der Waals surface area contributed by atoms with Gasteiger partial charge < -0.3 is 15.2 Å². The lowest BCUT2D eigenvalue weighted by atomic mass is 9.65. The van der Waals surface area contributed by atoms with E-state index in [0.29, 0.717) is 12.7 Å². The van der Waals surface area contributed by atoms with Crippen LogP contribution in [0.25, 0.3) is 0 Å². The summed E-state index contributed by atoms with van der Waals surface area (Å²) in [6, 6.07) is 0.284. The second-order valence-corrected chi connectivity index (χ2v) is 4.55. The second-order valence-electron chi connectivity index (χ2n) is 4.55. The quantitative estimate of drug-likeness (QED) is 0.718. The van der Waals surface area contributed by atoms with Crippen molar-refractivity contribution in [2.24, 2.45) is 11.1 Å². The van der Waals surface area contributed by atoms with Gasteiger partial charge in [-0.15, -0.1) is 0 Å². The van der Waals surface area contributed by atoms with E-state index in [-0.39, 0.29) is 17.6 Å². The summed E-state index contributed by atoms with van der Waals surface area (Å²) in [5.41, 5.74) is 6.01. The van der Waals surface area contributed by atoms with Crippen molar-refractivity contribution in [3.05, 3.63) is 0 Å². The fourth-order valence-electron chi connectivity index (χ4n) is 1.70. The Morgan fingerprint density at radius 2 is 2.15 bits per heavy atom. The number of methoxy groups -OCH3 is 1. The van der Waals surface area contributed by atoms with Gasteiger partial charge in [0, 0.05) is 18.6 Å². The van der Waals surface area contributed by atoms with E-state index in [0.717, 1.165) is 6.42 Å². The average molecular weight is 187 g/mol. The molecule has 0 aliphatic heterocycles. The lowest BCUT2D eigenvalue weighted by molar-refractivity contribution is -0.146. The average Bonchev–Trinajstić information content (AvgIpc) is 2.04. The molecule has 2 N–H and O–H groups in total. The third kappa shape index (κ3) is 2.22. The summed E-state index contributed by atoms with van der Waals surface area (Å²) in [6.07, 6.45) is 1.44. The molecule has 0 bridgehead atoms. The van der Waals surface area contributed by atoms with E-state index in [1.165, 1.54) is 0 Å². The molecule has 0 saturated heterocycles. The van der Waals surface area contributed by atoms with Crippen molar-refractivity contribution < 1.29 is 9.47 Å². The molecule has 0 aromatic carbocycles. The van der Waals surface area contributed by atoms with Gasteiger partial charge in [-0.2, -0.15) is 0 Å². The zero-order valence-corrected chi connectivity index (χ0v) is 9.04. The van der Waals surface area contributed by atoms with Gasteiger partial charge in [0.2, 0.25) is 0 Å². The molecule has 0 radical (unpaired) electrons. The Kier molecular flexibility index (Phi) is 3.33. The maximum atomic E-state index is 5.89. The molecule has 0 spiro atoms. The largest absolute Gasteiger partial charge is 0.382 e. The molecule has 0 amide bonds. The van der Waals surface area contributed by atoms with Crippen LogP contribution in [-0.2, 0) is 9.47 Å². The van der Waals surface area contributed by atoms with Crippen molar-refractivity contribution in [1.82, 2.24) is 0 Å². The van der Waals surface area contributed by atoms with Gasteiger partial charge in [-0.3, -0.25) is 0 Å². The van der Waals surface area contributed by atoms with Gasteiger partial charge in [0.1, 0.15) is 0 Å². The van der Waals surface area contributed by atoms with Crippen LogP contribution < -0.4 is 5.73 Å². The second kappa shape index (κ2) is 3.95. The number of rotatable bonds is 4. The van der Waals surface area contributed by atoms with Gasteiger partial charge in [0.15, 0.2) is 0 Å². The van der Waals surface area contributed by atoms with Gasteiger partial charge >= 0.3 is 0 Å². The zero-order valence-electron chi connectivity index (χ0n) is 9.04. The molecule has 1 aliphatic carbocycles. The SMILES string of the molecule is COCC(C)OC1CC(N)C1(C)C. The highest BCUT2D eigenvalue weighted by Gasteiger charge is 2.47. The standard InChI is InChI=1S/C10H21NO2/c1-7(6-12-4)13-9-5-8(11)10(9,2)3/h7-9H,5-6,11H2,1-4H3. The maximum Gasteiger partial charge on any atom is 0.0784 e. The lowest BCUT2D eigenvalue weighted by Crippen LogP contribution is -2.59. The minimum absolute atomic E-state index is 0.127. The van der Waals surface area contributed by atoms with Crippen LogP contribution in [0.2, 0.25) is 0 Å². The van der Waals surface area contributed by atoms with Gasteiger partial charge in [0.25, 0.3) is 0 Å². The smallest absolute Gasteiger partial charge is 0.0784 e. The fraction of sp³-hybridized carbons (Fsp3) is 1.00. The number of hydrogen-bond donors (Lipinski definition) is 1. The Bertz CT molecular complexity index is 170. The monoisotopic (exact) mass is 187 g/mol. The van der Waals surface area contributed by atoms with Crippen LogP contribution in [0.5, 0.6) is 0 Å². The topological polar surface area (TPSA) is 44.5 Å². The van der Waals surface area contributed by atoms with Gasteiger partial charge in [-0.05, 0) is 13.3 Å². The van der Waals surface area contributed by atoms with Gasteiger partial charge in [0.05, 0.1) is 18.8 Å². The maximum absolute atomic E-state index is 5.89. The van der Waals surface area contributed by atoms with Crippen LogP contribution in [0.3, 0.4) is 0 Å². The van der Waals surface area contributed by atoms with Gasteiger partial charge in [-0.1, -0.05) is 13.8 Å². The summed E-state index contributed by atoms with van der Waals surface area (Å²) in [5.74, 6) is 0. The fourth-order valence-corrected chi connectivity index (χ4v) is 1.70. The zero-order chi connectivity index (χ0) is 10.1. The van der Waals surface area contributed by atoms with Crippen molar-refractivity contribution in [3.63, 3.8) is 0 Å². The summed E-state index contributed by atoms with van der Waals surface area (Å²) >= 11 is 0. The molecule has 1 aliphatic rings. The van der Waals surface area contributed by atoms with Crippen LogP contribution in [-0.4, -0.2) is 32.0 Å². The predicted octanol–water partition coefficient (Wildman–Crippen LogP) is 1.16. The molecule has 3 unspecified atom stereocenters. The molecular formula is C10H21NO2. The van der Waals surface area contributed by atoms with Crippen molar-refractivity contribution in [2.45, 2.75) is 45.4 Å². The third-order valence-corrected chi connectivity index (χ3v) is 3.05. The minimum atomic E-state index is 0.127. The van der Waals surface area contributed by atoms with Crippen LogP contribution in [0, 0.1) is 5.41 Å². The molecule has 78 valence electrons. The van der Waals surface area contributed by atoms with Crippen molar-refractivity contribution >= 4 is 0 Å². The molecule has 0 aromatic rings. The highest BCUT2D eigenvalue weighted by Crippen LogP contribution is 2.41. The molecule has 3 atom stereocenters. The van der Waals surface area contributed by atoms with E-state index in [9.17, 15) is 0 Å². The Morgan fingerprint density at radius 1 is 1.54 bits per heavy atom. The van der Waals surface area contributed by atoms with Crippen molar-refractivity contribution in [2.75, 3.05) is 13.7 Å². The Balaban J connectivity index is 2.31. The highest BCUT2D eigenvalue weighted by molar-refractivity contribution is 5.01. The Hall–Kier alpha value is -0.120. The summed E-state index contributed by atoms with van der Waals surface area (Å²) in [7, 11) is 1.69. The number of ether oxygens (including phenoxy) is 2. The molecule has 1 fully saturated rings. The molecule has 3 nitrogen and oxygen atoms in total. The summed E-state index contributed by atoms with van der Waals surface area (Å²) < 4.78 is 10.8. The number of nitrogens with two attached hydrogens (primary N) is 1. The van der Waals surface area contributed by atoms with E-state index >= 15 is 0 Å². The van der Waals surface area contributed by atoms with Gasteiger partial charge in [-0.25, -0.2) is 0 Å². The van der Waals surface area contributed by atoms with Crippen LogP contribution in [0.1, 0.15) is 27.2 Å². The van der Waals surface area contributed by atoms with Crippen molar-refractivity contribution in [1.29, 1.82) is 0 Å². The molecule has 1 saturated carbocycles. The third-order valence-electron chi connectivity index (χ3n) is 3.05. The number of hydrogen-bond acceptors (Lipinski definition) is 3. The van der Waals surface area contributed by atoms with E-state index in [4.69, 9.17) is 15.2 Å². The van der Waals surface area contributed by atoms with E-state index in [2.05, 4.69) is 13.8 Å². The summed E-state index contributed by atoms with van der Waals surface area (Å²) in [6.45, 7) is 7.00. The highest BCUT2D eigenvalue weighted by atomic mass is 16.5. The van der Waals surface area contributed by atoms with Crippen LogP contribution >= 0.6 is 0 Å². The molecule has 13 heavy (non-hydrogen) atoms. The Labute approximate surface area is 80.6 Å². The predicted molar refractivity (Wildman–Crippen MR) is 52.6 cm³/mol. The first-order valence-corrected chi connectivity index (χ1v) is 4.88. The minimum Gasteiger partial charge on any atom is -0.382 e. The molecule has 0 aromatic heterocycles. The molecular weight excluding hydrogens is 166 g/mol. The van der Waals surface area contributed by atoms with E-state index in [1.807, 2.05) is 6.92 Å². The normalized spacial score (nSPS) is 33.9.